The predicted octanol–water partition coefficient (Wildman–Crippen LogP) is 2.09. The number of fused-ring (bicyclic) bond motifs is 1. The van der Waals surface area contributed by atoms with Crippen LogP contribution in [-0.4, -0.2) is 47.1 Å². The van der Waals surface area contributed by atoms with Gasteiger partial charge in [-0.3, -0.25) is 4.79 Å². The maximum Gasteiger partial charge on any atom is 0.264 e. The summed E-state index contributed by atoms with van der Waals surface area (Å²) >= 11 is 1.47. The molecule has 0 N–H and O–H groups in total. The molecule has 1 aliphatic heterocycles. The standard InChI is InChI=1S/C14H17N3O2S/c1-8-11-9(2)15-10(3)16-13(11)20-12(8)14(18)17-4-6-19-7-5-17/h4-7H2,1-3H3. The van der Waals surface area contributed by atoms with Gasteiger partial charge in [0.15, 0.2) is 0 Å². The lowest BCUT2D eigenvalue weighted by Gasteiger charge is -2.26. The number of nitrogens with zero attached hydrogens (tertiary/aromatic N) is 3. The van der Waals surface area contributed by atoms with Gasteiger partial charge in [-0.25, -0.2) is 9.97 Å². The largest absolute Gasteiger partial charge is 0.378 e. The molecule has 0 saturated carbocycles. The van der Waals surface area contributed by atoms with Gasteiger partial charge in [-0.05, 0) is 26.3 Å². The number of aromatic nitrogens is 2. The third-order valence-electron chi connectivity index (χ3n) is 3.58. The van der Waals surface area contributed by atoms with Crippen LogP contribution in [0.4, 0.5) is 0 Å². The Balaban J connectivity index is 2.05. The number of morpholine rings is 1. The number of rotatable bonds is 1. The van der Waals surface area contributed by atoms with Crippen molar-refractivity contribution in [1.29, 1.82) is 0 Å². The molecule has 3 rings (SSSR count). The minimum absolute atomic E-state index is 0.0888. The monoisotopic (exact) mass is 291 g/mol. The Morgan fingerprint density at radius 1 is 1.20 bits per heavy atom. The molecule has 1 amide bonds. The summed E-state index contributed by atoms with van der Waals surface area (Å²) in [6.07, 6.45) is 0. The van der Waals surface area contributed by atoms with Crippen molar-refractivity contribution in [2.45, 2.75) is 20.8 Å². The first kappa shape index (κ1) is 13.5. The molecule has 0 bridgehead atoms. The molecule has 0 spiro atoms. The second-order valence-corrected chi connectivity index (χ2v) is 6.00. The van der Waals surface area contributed by atoms with Crippen LogP contribution in [0.1, 0.15) is 26.8 Å². The summed E-state index contributed by atoms with van der Waals surface area (Å²) in [6.45, 7) is 8.40. The van der Waals surface area contributed by atoms with Crippen LogP contribution in [0.3, 0.4) is 0 Å². The molecule has 106 valence electrons. The first-order valence-corrected chi connectivity index (χ1v) is 7.51. The molecule has 20 heavy (non-hydrogen) atoms. The third kappa shape index (κ3) is 2.19. The lowest BCUT2D eigenvalue weighted by Crippen LogP contribution is -2.40. The molecule has 3 heterocycles. The molecule has 6 heteroatoms. The number of ether oxygens (including phenoxy) is 1. The Morgan fingerprint density at radius 3 is 2.60 bits per heavy atom. The summed E-state index contributed by atoms with van der Waals surface area (Å²) in [6, 6.07) is 0. The van der Waals surface area contributed by atoms with Crippen LogP contribution in [0.25, 0.3) is 10.2 Å². The van der Waals surface area contributed by atoms with Crippen molar-refractivity contribution in [3.8, 4) is 0 Å². The van der Waals surface area contributed by atoms with Crippen molar-refractivity contribution in [2.24, 2.45) is 0 Å². The summed E-state index contributed by atoms with van der Waals surface area (Å²) in [7, 11) is 0. The average Bonchev–Trinajstić information content (AvgIpc) is 2.76. The van der Waals surface area contributed by atoms with E-state index in [1.54, 1.807) is 0 Å². The van der Waals surface area contributed by atoms with Gasteiger partial charge < -0.3 is 9.64 Å². The van der Waals surface area contributed by atoms with Gasteiger partial charge >= 0.3 is 0 Å². The number of amides is 1. The molecule has 1 aliphatic rings. The quantitative estimate of drug-likeness (QED) is 0.807. The van der Waals surface area contributed by atoms with Crippen molar-refractivity contribution >= 4 is 27.5 Å². The van der Waals surface area contributed by atoms with E-state index in [2.05, 4.69) is 9.97 Å². The van der Waals surface area contributed by atoms with E-state index in [-0.39, 0.29) is 5.91 Å². The zero-order chi connectivity index (χ0) is 14.3. The molecule has 2 aromatic heterocycles. The lowest BCUT2D eigenvalue weighted by molar-refractivity contribution is 0.0306. The zero-order valence-electron chi connectivity index (χ0n) is 11.9. The lowest BCUT2D eigenvalue weighted by atomic mass is 10.1. The van der Waals surface area contributed by atoms with Gasteiger partial charge in [-0.1, -0.05) is 0 Å². The minimum Gasteiger partial charge on any atom is -0.378 e. The molecule has 2 aromatic rings. The Hall–Kier alpha value is -1.53. The second kappa shape index (κ2) is 5.10. The fraction of sp³-hybridized carbons (Fsp3) is 0.500. The van der Waals surface area contributed by atoms with Gasteiger partial charge in [0, 0.05) is 24.2 Å². The maximum atomic E-state index is 12.6. The topological polar surface area (TPSA) is 55.3 Å². The Kier molecular flexibility index (Phi) is 3.43. The normalized spacial score (nSPS) is 15.8. The van der Waals surface area contributed by atoms with Crippen molar-refractivity contribution in [3.63, 3.8) is 0 Å². The number of aryl methyl sites for hydroxylation is 3. The smallest absolute Gasteiger partial charge is 0.264 e. The highest BCUT2D eigenvalue weighted by atomic mass is 32.1. The van der Waals surface area contributed by atoms with Crippen molar-refractivity contribution in [3.05, 3.63) is 22.0 Å². The third-order valence-corrected chi connectivity index (χ3v) is 4.75. The number of carbonyl (C=O) groups is 1. The molecule has 0 radical (unpaired) electrons. The first-order valence-electron chi connectivity index (χ1n) is 6.69. The fourth-order valence-corrected chi connectivity index (χ4v) is 3.83. The Bertz CT molecular complexity index is 675. The van der Waals surface area contributed by atoms with Gasteiger partial charge in [-0.15, -0.1) is 11.3 Å². The van der Waals surface area contributed by atoms with Crippen LogP contribution < -0.4 is 0 Å². The number of carbonyl (C=O) groups excluding carboxylic acids is 1. The average molecular weight is 291 g/mol. The molecular formula is C14H17N3O2S. The highest BCUT2D eigenvalue weighted by molar-refractivity contribution is 7.20. The van der Waals surface area contributed by atoms with Crippen LogP contribution in [0, 0.1) is 20.8 Å². The van der Waals surface area contributed by atoms with E-state index in [4.69, 9.17) is 4.74 Å². The minimum atomic E-state index is 0.0888. The summed E-state index contributed by atoms with van der Waals surface area (Å²) in [4.78, 5) is 25.0. The summed E-state index contributed by atoms with van der Waals surface area (Å²) in [5.74, 6) is 0.840. The van der Waals surface area contributed by atoms with Gasteiger partial charge in [0.2, 0.25) is 0 Å². The highest BCUT2D eigenvalue weighted by Crippen LogP contribution is 2.32. The van der Waals surface area contributed by atoms with Crippen molar-refractivity contribution in [1.82, 2.24) is 14.9 Å². The summed E-state index contributed by atoms with van der Waals surface area (Å²) in [5.41, 5.74) is 1.95. The summed E-state index contributed by atoms with van der Waals surface area (Å²) < 4.78 is 5.30. The fourth-order valence-electron chi connectivity index (χ4n) is 2.59. The number of hydrogen-bond donors (Lipinski definition) is 0. The molecule has 1 fully saturated rings. The first-order chi connectivity index (χ1) is 9.58. The van der Waals surface area contributed by atoms with E-state index >= 15 is 0 Å². The highest BCUT2D eigenvalue weighted by Gasteiger charge is 2.24. The Morgan fingerprint density at radius 2 is 1.90 bits per heavy atom. The van der Waals surface area contributed by atoms with Crippen LogP contribution in [0.5, 0.6) is 0 Å². The zero-order valence-corrected chi connectivity index (χ0v) is 12.7. The molecule has 0 unspecified atom stereocenters. The van der Waals surface area contributed by atoms with Gasteiger partial charge in [0.25, 0.3) is 5.91 Å². The van der Waals surface area contributed by atoms with E-state index in [0.717, 1.165) is 32.2 Å². The van der Waals surface area contributed by atoms with E-state index in [0.29, 0.717) is 26.3 Å². The van der Waals surface area contributed by atoms with Gasteiger partial charge in [0.05, 0.1) is 18.1 Å². The van der Waals surface area contributed by atoms with E-state index in [1.165, 1.54) is 11.3 Å². The van der Waals surface area contributed by atoms with Crippen LogP contribution in [0.15, 0.2) is 0 Å². The van der Waals surface area contributed by atoms with E-state index < -0.39 is 0 Å². The van der Waals surface area contributed by atoms with Crippen LogP contribution in [-0.2, 0) is 4.74 Å². The maximum absolute atomic E-state index is 12.6. The van der Waals surface area contributed by atoms with Crippen LogP contribution >= 0.6 is 11.3 Å². The molecule has 0 aliphatic carbocycles. The SMILES string of the molecule is Cc1nc(C)c2c(C)c(C(=O)N3CCOCC3)sc2n1. The van der Waals surface area contributed by atoms with E-state index in [9.17, 15) is 4.79 Å². The van der Waals surface area contributed by atoms with Crippen LogP contribution in [0.2, 0.25) is 0 Å². The van der Waals surface area contributed by atoms with Crippen molar-refractivity contribution < 1.29 is 9.53 Å². The van der Waals surface area contributed by atoms with E-state index in [1.807, 2.05) is 25.7 Å². The van der Waals surface area contributed by atoms with Crippen molar-refractivity contribution in [2.75, 3.05) is 26.3 Å². The summed E-state index contributed by atoms with van der Waals surface area (Å²) in [5, 5.41) is 1.03. The number of thiophene rings is 1. The van der Waals surface area contributed by atoms with Gasteiger partial charge in [0.1, 0.15) is 10.7 Å². The molecule has 1 saturated heterocycles. The van der Waals surface area contributed by atoms with Gasteiger partial charge in [-0.2, -0.15) is 0 Å². The molecule has 0 atom stereocenters. The molecule has 0 aromatic carbocycles. The predicted molar refractivity (Wildman–Crippen MR) is 78.3 cm³/mol. The second-order valence-electron chi connectivity index (χ2n) is 5.00. The number of hydrogen-bond acceptors (Lipinski definition) is 5. The Labute approximate surface area is 121 Å². The molecular weight excluding hydrogens is 274 g/mol. The molecule has 5 nitrogen and oxygen atoms in total.